The summed E-state index contributed by atoms with van der Waals surface area (Å²) in [5.74, 6) is 1.96. The molecule has 0 bridgehead atoms. The van der Waals surface area contributed by atoms with Gasteiger partial charge in [-0.2, -0.15) is 0 Å². The van der Waals surface area contributed by atoms with E-state index in [9.17, 15) is 0 Å². The van der Waals surface area contributed by atoms with Gasteiger partial charge < -0.3 is 9.30 Å². The number of benzene rings is 2. The molecule has 0 spiro atoms. The minimum Gasteiger partial charge on any atom is -0.495 e. The summed E-state index contributed by atoms with van der Waals surface area (Å²) in [5, 5.41) is 0.873. The number of aryl methyl sites for hydroxylation is 1. The second-order valence-electron chi connectivity index (χ2n) is 6.85. The Balaban J connectivity index is 1.57. The van der Waals surface area contributed by atoms with E-state index in [-0.39, 0.29) is 5.28 Å². The number of rotatable bonds is 6. The lowest BCUT2D eigenvalue weighted by atomic mass is 10.1. The molecule has 0 N–H and O–H groups in total. The second kappa shape index (κ2) is 8.81. The molecule has 2 heterocycles. The van der Waals surface area contributed by atoms with E-state index in [2.05, 4.69) is 19.9 Å². The van der Waals surface area contributed by atoms with Gasteiger partial charge in [-0.3, -0.25) is 0 Å². The van der Waals surface area contributed by atoms with E-state index in [0.717, 1.165) is 28.3 Å². The largest absolute Gasteiger partial charge is 0.495 e. The van der Waals surface area contributed by atoms with Crippen molar-refractivity contribution in [2.45, 2.75) is 19.8 Å². The van der Waals surface area contributed by atoms with Crippen molar-refractivity contribution in [2.24, 2.45) is 0 Å². The number of hydrogen-bond acceptors (Lipinski definition) is 5. The Bertz CT molecular complexity index is 1170. The molecule has 30 heavy (non-hydrogen) atoms. The zero-order valence-corrected chi connectivity index (χ0v) is 18.0. The molecule has 0 aliphatic rings. The van der Waals surface area contributed by atoms with Crippen LogP contribution >= 0.6 is 23.2 Å². The number of aromatic nitrogens is 5. The van der Waals surface area contributed by atoms with E-state index in [1.54, 1.807) is 13.4 Å². The van der Waals surface area contributed by atoms with Crippen LogP contribution in [0.5, 0.6) is 5.75 Å². The minimum absolute atomic E-state index is 0.182. The third-order valence-electron chi connectivity index (χ3n) is 4.57. The Hall–Kier alpha value is -2.96. The molecular weight excluding hydrogens is 421 g/mol. The molecule has 0 fully saturated rings. The van der Waals surface area contributed by atoms with Gasteiger partial charge in [-0.1, -0.05) is 29.8 Å². The Morgan fingerprint density at radius 3 is 2.20 bits per heavy atom. The van der Waals surface area contributed by atoms with Crippen molar-refractivity contribution in [3.63, 3.8) is 0 Å². The molecule has 0 saturated carbocycles. The van der Waals surface area contributed by atoms with Crippen molar-refractivity contribution in [2.75, 3.05) is 7.11 Å². The van der Waals surface area contributed by atoms with Gasteiger partial charge in [0.05, 0.1) is 24.8 Å². The summed E-state index contributed by atoms with van der Waals surface area (Å²) in [6.07, 6.45) is 4.78. The first kappa shape index (κ1) is 20.3. The Morgan fingerprint density at radius 1 is 0.900 bits per heavy atom. The summed E-state index contributed by atoms with van der Waals surface area (Å²) in [5.41, 5.74) is 3.91. The van der Waals surface area contributed by atoms with E-state index in [1.807, 2.05) is 60.2 Å². The van der Waals surface area contributed by atoms with Crippen molar-refractivity contribution in [3.8, 4) is 11.4 Å². The van der Waals surface area contributed by atoms with E-state index < -0.39 is 0 Å². The number of halogens is 2. The summed E-state index contributed by atoms with van der Waals surface area (Å²) < 4.78 is 7.52. The normalized spacial score (nSPS) is 10.9. The summed E-state index contributed by atoms with van der Waals surface area (Å²) in [6, 6.07) is 13.6. The van der Waals surface area contributed by atoms with Crippen LogP contribution in [0.2, 0.25) is 10.3 Å². The number of ether oxygens (including phenoxy) is 1. The Morgan fingerprint density at radius 2 is 1.57 bits per heavy atom. The quantitative estimate of drug-likeness (QED) is 0.428. The van der Waals surface area contributed by atoms with Gasteiger partial charge in [-0.15, -0.1) is 0 Å². The van der Waals surface area contributed by atoms with E-state index >= 15 is 0 Å². The highest BCUT2D eigenvalue weighted by Crippen LogP contribution is 2.25. The molecule has 0 saturated heterocycles. The van der Waals surface area contributed by atoms with Crippen molar-refractivity contribution in [1.29, 1.82) is 0 Å². The minimum atomic E-state index is 0.182. The van der Waals surface area contributed by atoms with Crippen LogP contribution < -0.4 is 4.74 Å². The van der Waals surface area contributed by atoms with Crippen LogP contribution in [0.4, 0.5) is 0 Å². The Kier molecular flexibility index (Phi) is 5.97. The van der Waals surface area contributed by atoms with Crippen LogP contribution in [0.25, 0.3) is 5.69 Å². The summed E-state index contributed by atoms with van der Waals surface area (Å²) >= 11 is 12.1. The average molecular weight is 440 g/mol. The topological polar surface area (TPSA) is 65.7 Å². The fourth-order valence-electron chi connectivity index (χ4n) is 3.16. The highest BCUT2D eigenvalue weighted by molar-refractivity contribution is 6.30. The third kappa shape index (κ3) is 4.78. The van der Waals surface area contributed by atoms with Gasteiger partial charge in [0.2, 0.25) is 5.28 Å². The maximum atomic E-state index is 6.16. The van der Waals surface area contributed by atoms with Gasteiger partial charge >= 0.3 is 0 Å². The molecule has 0 amide bonds. The average Bonchev–Trinajstić information content (AvgIpc) is 3.15. The number of nitrogens with zero attached hydrogens (tertiary/aromatic N) is 5. The predicted molar refractivity (Wildman–Crippen MR) is 117 cm³/mol. The molecule has 0 aliphatic carbocycles. The van der Waals surface area contributed by atoms with Crippen LogP contribution in [0.15, 0.2) is 55.0 Å². The van der Waals surface area contributed by atoms with Crippen LogP contribution in [-0.2, 0) is 12.8 Å². The first-order valence-electron chi connectivity index (χ1n) is 9.32. The van der Waals surface area contributed by atoms with Crippen LogP contribution in [-0.4, -0.2) is 31.6 Å². The van der Waals surface area contributed by atoms with Crippen LogP contribution in [0, 0.1) is 6.92 Å². The van der Waals surface area contributed by atoms with Crippen molar-refractivity contribution < 1.29 is 4.74 Å². The smallest absolute Gasteiger partial charge is 0.225 e. The zero-order chi connectivity index (χ0) is 21.1. The fraction of sp³-hybridized carbons (Fsp3) is 0.182. The van der Waals surface area contributed by atoms with Crippen LogP contribution in [0.1, 0.15) is 28.5 Å². The molecule has 4 rings (SSSR count). The molecule has 2 aromatic heterocycles. The van der Waals surface area contributed by atoms with Crippen molar-refractivity contribution in [3.05, 3.63) is 93.8 Å². The standard InChI is InChI=1S/C22H19Cl2N5O/c1-14-12-29(13-25-14)18-8-5-16(9-19(18)30-2)11-21-26-20(27-22(24)28-21)10-15-3-6-17(23)7-4-15/h3-9,12-13H,10-11H2,1-2H3. The molecule has 4 aromatic rings. The lowest BCUT2D eigenvalue weighted by Crippen LogP contribution is -2.06. The lowest BCUT2D eigenvalue weighted by molar-refractivity contribution is 0.412. The molecule has 0 aliphatic heterocycles. The molecule has 0 atom stereocenters. The van der Waals surface area contributed by atoms with Gasteiger partial charge in [0.25, 0.3) is 0 Å². The van der Waals surface area contributed by atoms with Gasteiger partial charge in [0.15, 0.2) is 0 Å². The molecule has 8 heteroatoms. The predicted octanol–water partition coefficient (Wildman–Crippen LogP) is 4.86. The Labute approximate surface area is 184 Å². The molecule has 0 radical (unpaired) electrons. The van der Waals surface area contributed by atoms with E-state index in [0.29, 0.717) is 29.5 Å². The summed E-state index contributed by atoms with van der Waals surface area (Å²) in [7, 11) is 1.65. The number of methoxy groups -OCH3 is 1. The van der Waals surface area contributed by atoms with Crippen LogP contribution in [0.3, 0.4) is 0 Å². The monoisotopic (exact) mass is 439 g/mol. The lowest BCUT2D eigenvalue weighted by Gasteiger charge is -2.11. The highest BCUT2D eigenvalue weighted by atomic mass is 35.5. The SMILES string of the molecule is COc1cc(Cc2nc(Cl)nc(Cc3ccc(Cl)cc3)n2)ccc1-n1cnc(C)c1. The van der Waals surface area contributed by atoms with E-state index in [4.69, 9.17) is 27.9 Å². The van der Waals surface area contributed by atoms with E-state index in [1.165, 1.54) is 0 Å². The zero-order valence-electron chi connectivity index (χ0n) is 16.5. The van der Waals surface area contributed by atoms with Gasteiger partial charge in [-0.05, 0) is 53.9 Å². The van der Waals surface area contributed by atoms with Gasteiger partial charge in [0.1, 0.15) is 17.4 Å². The van der Waals surface area contributed by atoms with Gasteiger partial charge in [0, 0.05) is 24.1 Å². The summed E-state index contributed by atoms with van der Waals surface area (Å²) in [6.45, 7) is 1.95. The number of hydrogen-bond donors (Lipinski definition) is 0. The molecule has 6 nitrogen and oxygen atoms in total. The maximum Gasteiger partial charge on any atom is 0.225 e. The molecule has 2 aromatic carbocycles. The summed E-state index contributed by atoms with van der Waals surface area (Å²) in [4.78, 5) is 17.4. The molecule has 0 unspecified atom stereocenters. The number of imidazole rings is 1. The second-order valence-corrected chi connectivity index (χ2v) is 7.62. The maximum absolute atomic E-state index is 6.16. The first-order valence-corrected chi connectivity index (χ1v) is 10.1. The van der Waals surface area contributed by atoms with Crippen molar-refractivity contribution >= 4 is 23.2 Å². The molecule has 152 valence electrons. The third-order valence-corrected chi connectivity index (χ3v) is 4.99. The fourth-order valence-corrected chi connectivity index (χ4v) is 3.48. The van der Waals surface area contributed by atoms with Crippen molar-refractivity contribution in [1.82, 2.24) is 24.5 Å². The molecular formula is C22H19Cl2N5O. The highest BCUT2D eigenvalue weighted by Gasteiger charge is 2.11. The van der Waals surface area contributed by atoms with Gasteiger partial charge in [-0.25, -0.2) is 19.9 Å². The first-order chi connectivity index (χ1) is 14.5.